The molecule has 9 aromatic carbocycles. The lowest BCUT2D eigenvalue weighted by Crippen LogP contribution is -2.14. The average molecular weight is 660 g/mol. The summed E-state index contributed by atoms with van der Waals surface area (Å²) >= 11 is 0. The zero-order valence-electron chi connectivity index (χ0n) is 29.0. The Morgan fingerprint density at radius 2 is 0.923 bits per heavy atom. The van der Waals surface area contributed by atoms with Crippen molar-refractivity contribution in [2.75, 3.05) is 0 Å². The van der Waals surface area contributed by atoms with E-state index in [1.807, 2.05) is 0 Å². The summed E-state index contributed by atoms with van der Waals surface area (Å²) in [5.74, 6) is 0. The van der Waals surface area contributed by atoms with Gasteiger partial charge in [-0.15, -0.1) is 0 Å². The molecule has 1 nitrogen and oxygen atoms in total. The number of nitrogens with zero attached hydrogens (tertiary/aromatic N) is 1. The van der Waals surface area contributed by atoms with Crippen LogP contribution in [0.5, 0.6) is 0 Å². The molecule has 0 saturated carbocycles. The maximum absolute atomic E-state index is 2.51. The third kappa shape index (κ3) is 3.43. The number of aromatic nitrogens is 1. The Morgan fingerprint density at radius 1 is 0.327 bits per heavy atom. The van der Waals surface area contributed by atoms with Crippen LogP contribution in [-0.2, 0) is 5.41 Å². The minimum absolute atomic E-state index is 0.0291. The van der Waals surface area contributed by atoms with E-state index in [1.165, 1.54) is 115 Å². The van der Waals surface area contributed by atoms with Gasteiger partial charge in [-0.25, -0.2) is 0 Å². The Hall–Kier alpha value is -6.44. The summed E-state index contributed by atoms with van der Waals surface area (Å²) < 4.78 is 2.51. The Balaban J connectivity index is 1.12. The number of para-hydroxylation sites is 1. The normalized spacial score (nSPS) is 13.7. The van der Waals surface area contributed by atoms with Gasteiger partial charge < -0.3 is 4.57 Å². The van der Waals surface area contributed by atoms with E-state index in [4.69, 9.17) is 0 Å². The zero-order valence-corrected chi connectivity index (χ0v) is 29.0. The minimum atomic E-state index is -0.0291. The minimum Gasteiger partial charge on any atom is -0.309 e. The van der Waals surface area contributed by atoms with Crippen LogP contribution in [0.2, 0.25) is 0 Å². The van der Waals surface area contributed by atoms with E-state index in [9.17, 15) is 0 Å². The topological polar surface area (TPSA) is 4.93 Å². The van der Waals surface area contributed by atoms with Crippen molar-refractivity contribution in [1.29, 1.82) is 0 Å². The van der Waals surface area contributed by atoms with Crippen molar-refractivity contribution in [3.63, 3.8) is 0 Å². The molecule has 0 N–H and O–H groups in total. The van der Waals surface area contributed by atoms with Gasteiger partial charge in [0.2, 0.25) is 0 Å². The first kappa shape index (κ1) is 28.3. The summed E-state index contributed by atoms with van der Waals surface area (Å²) in [6.45, 7) is 4.73. The second kappa shape index (κ2) is 9.87. The van der Waals surface area contributed by atoms with Crippen molar-refractivity contribution < 1.29 is 0 Å². The molecule has 0 saturated heterocycles. The lowest BCUT2D eigenvalue weighted by Gasteiger charge is -2.21. The van der Waals surface area contributed by atoms with Gasteiger partial charge in [-0.3, -0.25) is 0 Å². The molecular weight excluding hydrogens is 627 g/mol. The van der Waals surface area contributed by atoms with E-state index in [1.54, 1.807) is 0 Å². The predicted octanol–water partition coefficient (Wildman–Crippen LogP) is 13.9. The van der Waals surface area contributed by atoms with Crippen molar-refractivity contribution in [3.05, 3.63) is 175 Å². The molecule has 0 bridgehead atoms. The first-order valence-corrected chi connectivity index (χ1v) is 18.4. The van der Waals surface area contributed by atoms with Crippen LogP contribution in [-0.4, -0.2) is 4.57 Å². The molecule has 242 valence electrons. The highest BCUT2D eigenvalue weighted by Crippen LogP contribution is 2.53. The average Bonchev–Trinajstić information content (AvgIpc) is 3.79. The van der Waals surface area contributed by atoms with Crippen molar-refractivity contribution in [2.45, 2.75) is 19.3 Å². The molecule has 1 heterocycles. The first-order valence-electron chi connectivity index (χ1n) is 18.4. The van der Waals surface area contributed by atoms with Crippen molar-refractivity contribution in [2.24, 2.45) is 0 Å². The Bertz CT molecular complexity index is 3180. The van der Waals surface area contributed by atoms with Gasteiger partial charge in [0.25, 0.3) is 0 Å². The molecule has 0 radical (unpaired) electrons. The number of benzene rings is 9. The van der Waals surface area contributed by atoms with Gasteiger partial charge in [0, 0.05) is 21.6 Å². The Labute approximate surface area is 302 Å². The number of hydrogen-bond acceptors (Lipinski definition) is 0. The Morgan fingerprint density at radius 3 is 1.77 bits per heavy atom. The Kier molecular flexibility index (Phi) is 5.37. The molecule has 0 amide bonds. The molecule has 2 aliphatic rings. The summed E-state index contributed by atoms with van der Waals surface area (Å²) in [5, 5.41) is 10.4. The summed E-state index contributed by atoms with van der Waals surface area (Å²) in [6, 6.07) is 61.5. The molecule has 2 aliphatic carbocycles. The highest BCUT2D eigenvalue weighted by Gasteiger charge is 2.36. The van der Waals surface area contributed by atoms with Gasteiger partial charge in [-0.2, -0.15) is 0 Å². The van der Waals surface area contributed by atoms with Gasteiger partial charge in [0.05, 0.1) is 16.7 Å². The van der Waals surface area contributed by atoms with Crippen LogP contribution >= 0.6 is 0 Å². The lowest BCUT2D eigenvalue weighted by atomic mass is 9.82. The SMILES string of the molecule is CC1(C)c2ccccc2-c2c1ccc1c2ccc2c1c1ccccc1n2-c1ccc(-c2ccc3c4c(cccc24)-c2ccccc2-3)c2ccccc12. The molecule has 0 atom stereocenters. The number of fused-ring (bicyclic) bond motifs is 13. The van der Waals surface area contributed by atoms with Crippen LogP contribution in [0.4, 0.5) is 0 Å². The quantitative estimate of drug-likeness (QED) is 0.174. The predicted molar refractivity (Wildman–Crippen MR) is 221 cm³/mol. The summed E-state index contributed by atoms with van der Waals surface area (Å²) in [4.78, 5) is 0. The molecule has 1 heteroatoms. The summed E-state index contributed by atoms with van der Waals surface area (Å²) in [6.07, 6.45) is 0. The fourth-order valence-electron chi connectivity index (χ4n) is 10.1. The largest absolute Gasteiger partial charge is 0.309 e. The molecule has 1 aromatic heterocycles. The molecule has 10 aromatic rings. The van der Waals surface area contributed by atoms with E-state index in [0.29, 0.717) is 0 Å². The van der Waals surface area contributed by atoms with E-state index < -0.39 is 0 Å². The smallest absolute Gasteiger partial charge is 0.0547 e. The molecule has 0 aliphatic heterocycles. The fourth-order valence-corrected chi connectivity index (χ4v) is 10.1. The van der Waals surface area contributed by atoms with E-state index in [-0.39, 0.29) is 5.41 Å². The second-order valence-electron chi connectivity index (χ2n) is 15.2. The van der Waals surface area contributed by atoms with E-state index in [0.717, 1.165) is 0 Å². The van der Waals surface area contributed by atoms with Crippen molar-refractivity contribution in [1.82, 2.24) is 4.57 Å². The monoisotopic (exact) mass is 659 g/mol. The molecule has 52 heavy (non-hydrogen) atoms. The highest BCUT2D eigenvalue weighted by molar-refractivity contribution is 6.25. The molecule has 0 fully saturated rings. The van der Waals surface area contributed by atoms with Crippen LogP contribution in [0.3, 0.4) is 0 Å². The highest BCUT2D eigenvalue weighted by atomic mass is 15.0. The molecule has 0 spiro atoms. The lowest BCUT2D eigenvalue weighted by molar-refractivity contribution is 0.661. The maximum atomic E-state index is 2.51. The van der Waals surface area contributed by atoms with Gasteiger partial charge in [-0.1, -0.05) is 159 Å². The van der Waals surface area contributed by atoms with Crippen LogP contribution in [0.1, 0.15) is 25.0 Å². The van der Waals surface area contributed by atoms with Gasteiger partial charge in [0.15, 0.2) is 0 Å². The van der Waals surface area contributed by atoms with Gasteiger partial charge in [-0.05, 0) is 101 Å². The van der Waals surface area contributed by atoms with Crippen molar-refractivity contribution in [3.8, 4) is 50.2 Å². The third-order valence-electron chi connectivity index (χ3n) is 12.4. The van der Waals surface area contributed by atoms with E-state index in [2.05, 4.69) is 182 Å². The number of hydrogen-bond donors (Lipinski definition) is 0. The molecule has 0 unspecified atom stereocenters. The first-order chi connectivity index (χ1) is 25.6. The summed E-state index contributed by atoms with van der Waals surface area (Å²) in [7, 11) is 0. The van der Waals surface area contributed by atoms with Crippen LogP contribution in [0, 0.1) is 0 Å². The standard InChI is InChI=1S/C51H33N/c1-51(2)43-20-9-7-16-41(43)49-39-26-29-47-50(40(39)24-27-44(49)51)42-17-8-10-21-45(42)52(47)46-28-25-33(30-12-5-6-15-35(30)46)34-22-23-38-32-14-4-3-13-31(32)36-18-11-19-37(34)48(36)38/h3-29H,1-2H3. The number of rotatable bonds is 2. The fraction of sp³-hybridized carbons (Fsp3) is 0.0588. The van der Waals surface area contributed by atoms with Crippen LogP contribution < -0.4 is 0 Å². The van der Waals surface area contributed by atoms with Crippen molar-refractivity contribution >= 4 is 54.1 Å². The van der Waals surface area contributed by atoms with Crippen LogP contribution in [0.15, 0.2) is 164 Å². The van der Waals surface area contributed by atoms with Gasteiger partial charge in [0.1, 0.15) is 0 Å². The molecular formula is C51H33N. The second-order valence-corrected chi connectivity index (χ2v) is 15.2. The zero-order chi connectivity index (χ0) is 34.3. The third-order valence-corrected chi connectivity index (χ3v) is 12.4. The van der Waals surface area contributed by atoms with Gasteiger partial charge >= 0.3 is 0 Å². The van der Waals surface area contributed by atoms with E-state index >= 15 is 0 Å². The molecule has 12 rings (SSSR count). The van der Waals surface area contributed by atoms with Crippen LogP contribution in [0.25, 0.3) is 104 Å². The maximum Gasteiger partial charge on any atom is 0.0547 e. The summed E-state index contributed by atoms with van der Waals surface area (Å²) in [5.41, 5.74) is 17.1.